The molecule has 2 heterocycles. The Morgan fingerprint density at radius 1 is 1.10 bits per heavy atom. The summed E-state index contributed by atoms with van der Waals surface area (Å²) in [5.41, 5.74) is 2.38. The molecule has 29 heavy (non-hydrogen) atoms. The number of pyridine rings is 1. The van der Waals surface area contributed by atoms with Crippen LogP contribution in [0.1, 0.15) is 43.2 Å². The third-order valence-corrected chi connectivity index (χ3v) is 5.72. The molecule has 1 N–H and O–H groups in total. The molecule has 4 heteroatoms. The van der Waals surface area contributed by atoms with Crippen LogP contribution in [0.2, 0.25) is 0 Å². The molecule has 154 valence electrons. The zero-order chi connectivity index (χ0) is 20.2. The van der Waals surface area contributed by atoms with Gasteiger partial charge in [0.2, 0.25) is 5.91 Å². The average Bonchev–Trinajstić information content (AvgIpc) is 2.78. The van der Waals surface area contributed by atoms with Crippen molar-refractivity contribution in [3.05, 3.63) is 72.1 Å². The van der Waals surface area contributed by atoms with E-state index in [1.165, 1.54) is 50.9 Å². The summed E-state index contributed by atoms with van der Waals surface area (Å²) >= 11 is 0. The van der Waals surface area contributed by atoms with E-state index < -0.39 is 0 Å². The number of hydrogen-bond acceptors (Lipinski definition) is 3. The molecule has 0 unspecified atom stereocenters. The Morgan fingerprint density at radius 2 is 1.93 bits per heavy atom. The number of nitrogens with zero attached hydrogens (tertiary/aromatic N) is 2. The first-order valence-corrected chi connectivity index (χ1v) is 10.9. The van der Waals surface area contributed by atoms with Crippen molar-refractivity contribution in [1.82, 2.24) is 15.2 Å². The minimum Gasteiger partial charge on any atom is -0.353 e. The lowest BCUT2D eigenvalue weighted by molar-refractivity contribution is -0.116. The van der Waals surface area contributed by atoms with Crippen molar-refractivity contribution < 1.29 is 4.79 Å². The van der Waals surface area contributed by atoms with Gasteiger partial charge in [0.05, 0.1) is 0 Å². The van der Waals surface area contributed by atoms with Gasteiger partial charge in [-0.3, -0.25) is 9.78 Å². The Hall–Kier alpha value is -2.46. The summed E-state index contributed by atoms with van der Waals surface area (Å²) in [6, 6.07) is 14.6. The Labute approximate surface area is 175 Å². The number of likely N-dealkylation sites (tertiary alicyclic amines) is 1. The molecule has 4 nitrogen and oxygen atoms in total. The van der Waals surface area contributed by atoms with E-state index in [4.69, 9.17) is 0 Å². The van der Waals surface area contributed by atoms with Crippen LogP contribution in [0.3, 0.4) is 0 Å². The van der Waals surface area contributed by atoms with Gasteiger partial charge in [-0.1, -0.05) is 49.2 Å². The summed E-state index contributed by atoms with van der Waals surface area (Å²) in [6.45, 7) is 4.39. The van der Waals surface area contributed by atoms with Gasteiger partial charge in [-0.05, 0) is 68.0 Å². The van der Waals surface area contributed by atoms with Crippen molar-refractivity contribution in [2.75, 3.05) is 26.2 Å². The van der Waals surface area contributed by atoms with Crippen LogP contribution in [0, 0.1) is 5.92 Å². The van der Waals surface area contributed by atoms with Crippen LogP contribution in [0.5, 0.6) is 0 Å². The monoisotopic (exact) mass is 391 g/mol. The van der Waals surface area contributed by atoms with Crippen molar-refractivity contribution in [3.8, 4) is 0 Å². The molecule has 1 saturated heterocycles. The van der Waals surface area contributed by atoms with Crippen LogP contribution in [-0.4, -0.2) is 42.0 Å². The Bertz CT molecular complexity index is 737. The molecule has 2 aromatic rings. The SMILES string of the molecule is O=C(/C=C\c1cccnc1)NCCCCC1CCN(CCc2ccccc2)CC1. The van der Waals surface area contributed by atoms with Gasteiger partial charge < -0.3 is 10.2 Å². The Morgan fingerprint density at radius 3 is 2.69 bits per heavy atom. The lowest BCUT2D eigenvalue weighted by atomic mass is 9.91. The maximum atomic E-state index is 11.9. The van der Waals surface area contributed by atoms with Crippen LogP contribution in [0.4, 0.5) is 0 Å². The number of piperidine rings is 1. The van der Waals surface area contributed by atoms with Crippen molar-refractivity contribution >= 4 is 12.0 Å². The lowest BCUT2D eigenvalue weighted by Gasteiger charge is -2.32. The summed E-state index contributed by atoms with van der Waals surface area (Å²) in [5, 5.41) is 2.98. The minimum absolute atomic E-state index is 0.0272. The molecule has 0 atom stereocenters. The smallest absolute Gasteiger partial charge is 0.243 e. The predicted octanol–water partition coefficient (Wildman–Crippen LogP) is 4.34. The van der Waals surface area contributed by atoms with Gasteiger partial charge >= 0.3 is 0 Å². The van der Waals surface area contributed by atoms with E-state index in [1.807, 2.05) is 12.1 Å². The summed E-state index contributed by atoms with van der Waals surface area (Å²) in [7, 11) is 0. The molecule has 0 saturated carbocycles. The molecule has 0 bridgehead atoms. The van der Waals surface area contributed by atoms with Gasteiger partial charge in [-0.2, -0.15) is 0 Å². The van der Waals surface area contributed by atoms with E-state index >= 15 is 0 Å². The molecule has 1 aliphatic heterocycles. The third kappa shape index (κ3) is 8.20. The maximum Gasteiger partial charge on any atom is 0.243 e. The van der Waals surface area contributed by atoms with Gasteiger partial charge in [-0.25, -0.2) is 0 Å². The van der Waals surface area contributed by atoms with Gasteiger partial charge in [0.15, 0.2) is 0 Å². The fraction of sp³-hybridized carbons (Fsp3) is 0.440. The Kier molecular flexibility index (Phi) is 8.92. The fourth-order valence-corrected chi connectivity index (χ4v) is 3.91. The van der Waals surface area contributed by atoms with E-state index in [2.05, 4.69) is 45.5 Å². The van der Waals surface area contributed by atoms with E-state index in [1.54, 1.807) is 24.5 Å². The second-order valence-corrected chi connectivity index (χ2v) is 7.93. The highest BCUT2D eigenvalue weighted by atomic mass is 16.1. The number of unbranched alkanes of at least 4 members (excludes halogenated alkanes) is 1. The van der Waals surface area contributed by atoms with Gasteiger partial charge in [0, 0.05) is 31.6 Å². The van der Waals surface area contributed by atoms with Crippen molar-refractivity contribution in [3.63, 3.8) is 0 Å². The molecule has 1 fully saturated rings. The van der Waals surface area contributed by atoms with Crippen molar-refractivity contribution in [2.24, 2.45) is 5.92 Å². The molecule has 1 aromatic heterocycles. The highest BCUT2D eigenvalue weighted by molar-refractivity contribution is 5.91. The van der Waals surface area contributed by atoms with E-state index in [0.29, 0.717) is 0 Å². The largest absolute Gasteiger partial charge is 0.353 e. The average molecular weight is 392 g/mol. The van der Waals surface area contributed by atoms with E-state index in [-0.39, 0.29) is 5.91 Å². The lowest BCUT2D eigenvalue weighted by Crippen LogP contribution is -2.35. The molecule has 0 spiro atoms. The zero-order valence-electron chi connectivity index (χ0n) is 17.3. The predicted molar refractivity (Wildman–Crippen MR) is 119 cm³/mol. The quantitative estimate of drug-likeness (QED) is 0.484. The highest BCUT2D eigenvalue weighted by Gasteiger charge is 2.18. The normalized spacial score (nSPS) is 15.6. The summed E-state index contributed by atoms with van der Waals surface area (Å²) in [5.74, 6) is 0.824. The molecule has 1 aromatic carbocycles. The summed E-state index contributed by atoms with van der Waals surface area (Å²) < 4.78 is 0. The topological polar surface area (TPSA) is 45.2 Å². The van der Waals surface area contributed by atoms with Crippen LogP contribution in [0.25, 0.3) is 6.08 Å². The second kappa shape index (κ2) is 12.2. The number of hydrogen-bond donors (Lipinski definition) is 1. The van der Waals surface area contributed by atoms with E-state index in [0.717, 1.165) is 30.9 Å². The molecule has 3 rings (SSSR count). The fourth-order valence-electron chi connectivity index (χ4n) is 3.91. The number of benzene rings is 1. The van der Waals surface area contributed by atoms with Crippen LogP contribution >= 0.6 is 0 Å². The molecule has 0 radical (unpaired) electrons. The zero-order valence-corrected chi connectivity index (χ0v) is 17.3. The Balaban J connectivity index is 1.21. The number of amides is 1. The first-order valence-electron chi connectivity index (χ1n) is 10.9. The van der Waals surface area contributed by atoms with Crippen LogP contribution in [-0.2, 0) is 11.2 Å². The number of aromatic nitrogens is 1. The van der Waals surface area contributed by atoms with Gasteiger partial charge in [-0.15, -0.1) is 0 Å². The minimum atomic E-state index is -0.0272. The number of carbonyl (C=O) groups excluding carboxylic acids is 1. The highest BCUT2D eigenvalue weighted by Crippen LogP contribution is 2.22. The van der Waals surface area contributed by atoms with Gasteiger partial charge in [0.1, 0.15) is 0 Å². The third-order valence-electron chi connectivity index (χ3n) is 5.72. The molecular formula is C25H33N3O. The molecule has 1 aliphatic rings. The van der Waals surface area contributed by atoms with Crippen LogP contribution < -0.4 is 5.32 Å². The first kappa shape index (κ1) is 21.3. The van der Waals surface area contributed by atoms with Crippen molar-refractivity contribution in [2.45, 2.75) is 38.5 Å². The van der Waals surface area contributed by atoms with E-state index in [9.17, 15) is 4.79 Å². The second-order valence-electron chi connectivity index (χ2n) is 7.93. The number of carbonyl (C=O) groups is 1. The molecule has 0 aliphatic carbocycles. The molecular weight excluding hydrogens is 358 g/mol. The van der Waals surface area contributed by atoms with Crippen LogP contribution in [0.15, 0.2) is 60.9 Å². The van der Waals surface area contributed by atoms with Gasteiger partial charge in [0.25, 0.3) is 0 Å². The summed E-state index contributed by atoms with van der Waals surface area (Å²) in [6.07, 6.45) is 14.2. The maximum absolute atomic E-state index is 11.9. The molecule has 1 amide bonds. The summed E-state index contributed by atoms with van der Waals surface area (Å²) in [4.78, 5) is 18.5. The van der Waals surface area contributed by atoms with Crippen molar-refractivity contribution in [1.29, 1.82) is 0 Å². The first-order chi connectivity index (χ1) is 14.3. The number of rotatable bonds is 10. The number of nitrogens with one attached hydrogen (secondary N) is 1. The standard InChI is InChI=1S/C25H33N3O/c29-25(12-11-24-10-6-16-26-21-24)27-17-5-4-9-23-14-19-28(20-15-23)18-13-22-7-2-1-3-8-22/h1-3,6-8,10-12,16,21,23H,4-5,9,13-15,17-20H2,(H,27,29)/b12-11-.